The molecular formula is C18H17F2N5. The van der Waals surface area contributed by atoms with E-state index in [2.05, 4.69) is 20.6 Å². The molecule has 0 aliphatic rings. The molecule has 25 heavy (non-hydrogen) atoms. The fourth-order valence-electron chi connectivity index (χ4n) is 2.21. The summed E-state index contributed by atoms with van der Waals surface area (Å²) in [5, 5.41) is 5.97. The molecule has 1 heterocycles. The molecule has 3 aromatic rings. The van der Waals surface area contributed by atoms with E-state index in [1.807, 2.05) is 43.3 Å². The van der Waals surface area contributed by atoms with Gasteiger partial charge in [0.1, 0.15) is 29.6 Å². The molecule has 0 atom stereocenters. The minimum absolute atomic E-state index is 0.140. The molecule has 0 spiro atoms. The topological polar surface area (TPSA) is 53.1 Å². The van der Waals surface area contributed by atoms with Crippen LogP contribution in [0.1, 0.15) is 0 Å². The van der Waals surface area contributed by atoms with Gasteiger partial charge in [-0.2, -0.15) is 0 Å². The van der Waals surface area contributed by atoms with Gasteiger partial charge in [0, 0.05) is 37.6 Å². The number of rotatable bonds is 5. The number of hydrogen-bond donors (Lipinski definition) is 2. The zero-order chi connectivity index (χ0) is 17.8. The third-order valence-corrected chi connectivity index (χ3v) is 3.52. The van der Waals surface area contributed by atoms with Gasteiger partial charge in [-0.05, 0) is 36.4 Å². The summed E-state index contributed by atoms with van der Waals surface area (Å²) < 4.78 is 26.7. The predicted molar refractivity (Wildman–Crippen MR) is 95.7 cm³/mol. The molecule has 0 fully saturated rings. The van der Waals surface area contributed by atoms with E-state index in [-0.39, 0.29) is 5.69 Å². The minimum atomic E-state index is -0.688. The lowest BCUT2D eigenvalue weighted by molar-refractivity contribution is 0.586. The number of nitrogens with one attached hydrogen (secondary N) is 2. The summed E-state index contributed by atoms with van der Waals surface area (Å²) in [6.45, 7) is 0. The summed E-state index contributed by atoms with van der Waals surface area (Å²) in [6.07, 6.45) is 1.36. The van der Waals surface area contributed by atoms with Crippen LogP contribution in [0.2, 0.25) is 0 Å². The van der Waals surface area contributed by atoms with Gasteiger partial charge in [0.25, 0.3) is 0 Å². The first-order chi connectivity index (χ1) is 12.0. The molecule has 2 N–H and O–H groups in total. The number of nitrogens with zero attached hydrogens (tertiary/aromatic N) is 3. The maximum absolute atomic E-state index is 13.7. The summed E-state index contributed by atoms with van der Waals surface area (Å²) in [7, 11) is 3.94. The van der Waals surface area contributed by atoms with Gasteiger partial charge in [-0.25, -0.2) is 18.7 Å². The van der Waals surface area contributed by atoms with E-state index >= 15 is 0 Å². The van der Waals surface area contributed by atoms with Gasteiger partial charge in [-0.15, -0.1) is 0 Å². The van der Waals surface area contributed by atoms with Gasteiger partial charge in [0.05, 0.1) is 5.69 Å². The Kier molecular flexibility index (Phi) is 4.74. The van der Waals surface area contributed by atoms with Gasteiger partial charge in [-0.3, -0.25) is 0 Å². The van der Waals surface area contributed by atoms with Gasteiger partial charge < -0.3 is 15.5 Å². The average molecular weight is 341 g/mol. The number of benzene rings is 2. The average Bonchev–Trinajstić information content (AvgIpc) is 2.58. The van der Waals surface area contributed by atoms with Crippen LogP contribution in [0.4, 0.5) is 37.5 Å². The lowest BCUT2D eigenvalue weighted by atomic mass is 10.2. The van der Waals surface area contributed by atoms with E-state index in [4.69, 9.17) is 0 Å². The zero-order valence-corrected chi connectivity index (χ0v) is 13.8. The Balaban J connectivity index is 1.75. The Morgan fingerprint density at radius 1 is 0.840 bits per heavy atom. The van der Waals surface area contributed by atoms with E-state index in [9.17, 15) is 8.78 Å². The summed E-state index contributed by atoms with van der Waals surface area (Å²) in [4.78, 5) is 10.2. The van der Waals surface area contributed by atoms with Crippen molar-refractivity contribution in [3.8, 4) is 0 Å². The van der Waals surface area contributed by atoms with Crippen LogP contribution < -0.4 is 15.5 Å². The lowest BCUT2D eigenvalue weighted by Crippen LogP contribution is -2.08. The largest absolute Gasteiger partial charge is 0.378 e. The Hall–Kier alpha value is -3.22. The Morgan fingerprint density at radius 2 is 1.52 bits per heavy atom. The van der Waals surface area contributed by atoms with Gasteiger partial charge >= 0.3 is 0 Å². The first-order valence-corrected chi connectivity index (χ1v) is 7.60. The SMILES string of the molecule is CN(C)c1ccc(Nc2cc(Nc3ccc(F)cc3F)ncn2)cc1. The summed E-state index contributed by atoms with van der Waals surface area (Å²) in [6, 6.07) is 12.8. The highest BCUT2D eigenvalue weighted by molar-refractivity contribution is 5.64. The molecule has 0 saturated carbocycles. The lowest BCUT2D eigenvalue weighted by Gasteiger charge is -2.13. The van der Waals surface area contributed by atoms with E-state index < -0.39 is 11.6 Å². The maximum atomic E-state index is 13.7. The third kappa shape index (κ3) is 4.20. The third-order valence-electron chi connectivity index (χ3n) is 3.52. The van der Waals surface area contributed by atoms with Crippen LogP contribution in [-0.4, -0.2) is 24.1 Å². The second-order valence-corrected chi connectivity index (χ2v) is 5.60. The normalized spacial score (nSPS) is 10.4. The van der Waals surface area contributed by atoms with E-state index in [0.29, 0.717) is 11.6 Å². The van der Waals surface area contributed by atoms with E-state index in [1.54, 1.807) is 6.07 Å². The summed E-state index contributed by atoms with van der Waals surface area (Å²) in [5.74, 6) is -0.368. The highest BCUT2D eigenvalue weighted by Gasteiger charge is 2.06. The van der Waals surface area contributed by atoms with Crippen LogP contribution in [0.25, 0.3) is 0 Å². The molecule has 7 heteroatoms. The number of halogens is 2. The summed E-state index contributed by atoms with van der Waals surface area (Å²) in [5.41, 5.74) is 2.09. The fourth-order valence-corrected chi connectivity index (χ4v) is 2.21. The molecule has 0 radical (unpaired) electrons. The molecule has 0 bridgehead atoms. The molecule has 5 nitrogen and oxygen atoms in total. The number of hydrogen-bond acceptors (Lipinski definition) is 5. The first kappa shape index (κ1) is 16.6. The van der Waals surface area contributed by atoms with Crippen molar-refractivity contribution in [3.63, 3.8) is 0 Å². The van der Waals surface area contributed by atoms with Crippen molar-refractivity contribution in [2.45, 2.75) is 0 Å². The molecule has 0 unspecified atom stereocenters. The molecule has 0 saturated heterocycles. The smallest absolute Gasteiger partial charge is 0.149 e. The van der Waals surface area contributed by atoms with Crippen molar-refractivity contribution < 1.29 is 8.78 Å². The van der Waals surface area contributed by atoms with Crippen LogP contribution in [0.5, 0.6) is 0 Å². The Labute approximate surface area is 144 Å². The molecule has 0 aliphatic heterocycles. The molecule has 3 rings (SSSR count). The quantitative estimate of drug-likeness (QED) is 0.724. The number of aromatic nitrogens is 2. The standard InChI is InChI=1S/C18H17F2N5/c1-25(2)14-6-4-13(5-7-14)23-17-10-18(22-11-21-17)24-16-8-3-12(19)9-15(16)20/h3-11H,1-2H3,(H2,21,22,23,24). The first-order valence-electron chi connectivity index (χ1n) is 7.60. The Morgan fingerprint density at radius 3 is 2.16 bits per heavy atom. The second-order valence-electron chi connectivity index (χ2n) is 5.60. The summed E-state index contributed by atoms with van der Waals surface area (Å²) >= 11 is 0. The van der Waals surface area contributed by atoms with Crippen LogP contribution in [-0.2, 0) is 0 Å². The van der Waals surface area contributed by atoms with Crippen LogP contribution in [0.15, 0.2) is 54.9 Å². The minimum Gasteiger partial charge on any atom is -0.378 e. The van der Waals surface area contributed by atoms with Gasteiger partial charge in [0.15, 0.2) is 0 Å². The highest BCUT2D eigenvalue weighted by Crippen LogP contribution is 2.23. The number of anilines is 5. The molecule has 128 valence electrons. The monoisotopic (exact) mass is 341 g/mol. The Bertz CT molecular complexity index is 866. The van der Waals surface area contributed by atoms with Crippen molar-refractivity contribution >= 4 is 28.7 Å². The highest BCUT2D eigenvalue weighted by atomic mass is 19.1. The van der Waals surface area contributed by atoms with Gasteiger partial charge in [-0.1, -0.05) is 0 Å². The van der Waals surface area contributed by atoms with Crippen LogP contribution in [0.3, 0.4) is 0 Å². The second kappa shape index (κ2) is 7.12. The molecule has 2 aromatic carbocycles. The molecule has 0 aliphatic carbocycles. The van der Waals surface area contributed by atoms with Crippen molar-refractivity contribution in [1.29, 1.82) is 0 Å². The molecule has 1 aromatic heterocycles. The molecule has 0 amide bonds. The van der Waals surface area contributed by atoms with Crippen molar-refractivity contribution in [2.75, 3.05) is 29.6 Å². The fraction of sp³-hybridized carbons (Fsp3) is 0.111. The van der Waals surface area contributed by atoms with Crippen molar-refractivity contribution in [2.24, 2.45) is 0 Å². The zero-order valence-electron chi connectivity index (χ0n) is 13.8. The predicted octanol–water partition coefficient (Wildman–Crippen LogP) is 4.31. The van der Waals surface area contributed by atoms with Crippen LogP contribution >= 0.6 is 0 Å². The van der Waals surface area contributed by atoms with E-state index in [1.165, 1.54) is 18.5 Å². The van der Waals surface area contributed by atoms with Gasteiger partial charge in [0.2, 0.25) is 0 Å². The van der Waals surface area contributed by atoms with Crippen LogP contribution in [0, 0.1) is 11.6 Å². The van der Waals surface area contributed by atoms with E-state index in [0.717, 1.165) is 17.4 Å². The molecular weight excluding hydrogens is 324 g/mol. The van der Waals surface area contributed by atoms with Crippen molar-refractivity contribution in [3.05, 3.63) is 66.5 Å². The maximum Gasteiger partial charge on any atom is 0.149 e. The van der Waals surface area contributed by atoms with Crippen molar-refractivity contribution in [1.82, 2.24) is 9.97 Å².